The van der Waals surface area contributed by atoms with Crippen LogP contribution in [-0.4, -0.2) is 71.9 Å². The molecular weight excluding hydrogens is 478 g/mol. The van der Waals surface area contributed by atoms with Gasteiger partial charge in [-0.3, -0.25) is 14.4 Å². The lowest BCUT2D eigenvalue weighted by Gasteiger charge is -2.35. The first kappa shape index (κ1) is 28.7. The molecule has 10 heteroatoms. The topological polar surface area (TPSA) is 131 Å². The van der Waals surface area contributed by atoms with Gasteiger partial charge in [-0.1, -0.05) is 32.8 Å². The van der Waals surface area contributed by atoms with Crippen molar-refractivity contribution < 1.29 is 33.4 Å². The molecule has 3 fully saturated rings. The Kier molecular flexibility index (Phi) is 8.39. The number of rotatable bonds is 9. The van der Waals surface area contributed by atoms with Crippen molar-refractivity contribution in [2.24, 2.45) is 23.2 Å². The van der Waals surface area contributed by atoms with Crippen molar-refractivity contribution >= 4 is 29.7 Å². The second-order valence-electron chi connectivity index (χ2n) is 12.0. The summed E-state index contributed by atoms with van der Waals surface area (Å²) in [5.41, 5.74) is -0.873. The summed E-state index contributed by atoms with van der Waals surface area (Å²) in [5, 5.41) is 5.46. The second kappa shape index (κ2) is 10.8. The molecule has 1 aliphatic heterocycles. The summed E-state index contributed by atoms with van der Waals surface area (Å²) in [7, 11) is 1.10. The number of nitrogens with one attached hydrogen (secondary N) is 2. The maximum absolute atomic E-state index is 13.9. The van der Waals surface area contributed by atoms with Crippen molar-refractivity contribution in [2.45, 2.75) is 90.4 Å². The number of amides is 3. The molecule has 37 heavy (non-hydrogen) atoms. The molecule has 206 valence electrons. The van der Waals surface area contributed by atoms with E-state index in [0.717, 1.165) is 32.8 Å². The Morgan fingerprint density at radius 3 is 2.27 bits per heavy atom. The molecule has 1 saturated heterocycles. The molecule has 0 aromatic carbocycles. The Balaban J connectivity index is 1.84. The fourth-order valence-corrected chi connectivity index (χ4v) is 6.00. The highest BCUT2D eigenvalue weighted by molar-refractivity contribution is 6.36. The number of likely N-dealkylation sites (tertiary alicyclic amines) is 1. The number of hydrogen-bond acceptors (Lipinski definition) is 7. The zero-order chi connectivity index (χ0) is 27.7. The molecule has 2 unspecified atom stereocenters. The third kappa shape index (κ3) is 6.15. The van der Waals surface area contributed by atoms with Gasteiger partial charge in [0.15, 0.2) is 0 Å². The van der Waals surface area contributed by atoms with Crippen LogP contribution in [0.15, 0.2) is 12.7 Å². The zero-order valence-corrected chi connectivity index (χ0v) is 22.8. The van der Waals surface area contributed by atoms with Crippen LogP contribution in [0.2, 0.25) is 0 Å². The van der Waals surface area contributed by atoms with E-state index < -0.39 is 47.5 Å². The van der Waals surface area contributed by atoms with Gasteiger partial charge in [-0.2, -0.15) is 0 Å². The fourth-order valence-electron chi connectivity index (χ4n) is 6.00. The minimum Gasteiger partial charge on any atom is -0.463 e. The molecular formula is C27H41N3O7. The van der Waals surface area contributed by atoms with Gasteiger partial charge in [0, 0.05) is 6.54 Å². The molecule has 2 saturated carbocycles. The highest BCUT2D eigenvalue weighted by Crippen LogP contribution is 2.65. The van der Waals surface area contributed by atoms with Crippen molar-refractivity contribution in [3.05, 3.63) is 12.7 Å². The van der Waals surface area contributed by atoms with E-state index in [4.69, 9.17) is 4.74 Å². The maximum atomic E-state index is 13.9. The average Bonchev–Trinajstić information content (AvgIpc) is 3.26. The smallest absolute Gasteiger partial charge is 0.408 e. The van der Waals surface area contributed by atoms with Gasteiger partial charge in [0.1, 0.15) is 23.7 Å². The first-order valence-corrected chi connectivity index (χ1v) is 13.1. The van der Waals surface area contributed by atoms with Crippen molar-refractivity contribution in [1.82, 2.24) is 15.5 Å². The summed E-state index contributed by atoms with van der Waals surface area (Å²) in [4.78, 5) is 66.1. The van der Waals surface area contributed by atoms with E-state index in [-0.39, 0.29) is 35.5 Å². The molecule has 1 heterocycles. The molecule has 10 nitrogen and oxygen atoms in total. The Labute approximate surface area is 218 Å². The molecule has 2 aliphatic carbocycles. The number of carbonyl (C=O) groups is 5. The first-order chi connectivity index (χ1) is 17.2. The van der Waals surface area contributed by atoms with Crippen LogP contribution < -0.4 is 10.6 Å². The quantitative estimate of drug-likeness (QED) is 0.272. The molecule has 0 spiro atoms. The summed E-state index contributed by atoms with van der Waals surface area (Å²) in [6.45, 7) is 13.4. The van der Waals surface area contributed by atoms with E-state index in [1.54, 1.807) is 25.7 Å². The molecule has 3 aliphatic rings. The standard InChI is InChI=1S/C27H41N3O7/c1-8-11-17(21(31)24(34)36-7)28-22(32)20-18-16(27(18,5)6)14-30(20)23(33)19(15-12-9-10-13-15)29-25(35)37-26(2,3)4/h8,15-20H,1,9-14H2,2-7H3,(H,28,32)(H,29,35)/t16?,17-,18?,19+,20+/m1/s1. The second-order valence-corrected chi connectivity index (χ2v) is 12.0. The summed E-state index contributed by atoms with van der Waals surface area (Å²) in [6, 6.07) is -2.77. The Hall–Kier alpha value is -2.91. The van der Waals surface area contributed by atoms with Gasteiger partial charge < -0.3 is 25.0 Å². The Morgan fingerprint density at radius 2 is 1.73 bits per heavy atom. The molecule has 0 radical (unpaired) electrons. The van der Waals surface area contributed by atoms with Crippen LogP contribution in [0.5, 0.6) is 0 Å². The lowest BCUT2D eigenvalue weighted by atomic mass is 9.94. The predicted molar refractivity (Wildman–Crippen MR) is 135 cm³/mol. The largest absolute Gasteiger partial charge is 0.463 e. The number of alkyl carbamates (subject to hydrolysis) is 1. The number of nitrogens with zero attached hydrogens (tertiary/aromatic N) is 1. The number of hydrogen-bond donors (Lipinski definition) is 2. The highest BCUT2D eigenvalue weighted by Gasteiger charge is 2.69. The zero-order valence-electron chi connectivity index (χ0n) is 22.8. The predicted octanol–water partition coefficient (Wildman–Crippen LogP) is 2.36. The van der Waals surface area contributed by atoms with Gasteiger partial charge in [-0.25, -0.2) is 9.59 Å². The van der Waals surface area contributed by atoms with Gasteiger partial charge in [0.25, 0.3) is 5.78 Å². The van der Waals surface area contributed by atoms with Crippen LogP contribution >= 0.6 is 0 Å². The number of ketones is 1. The number of esters is 1. The summed E-state index contributed by atoms with van der Waals surface area (Å²) >= 11 is 0. The number of fused-ring (bicyclic) bond motifs is 1. The molecule has 3 amide bonds. The number of methoxy groups -OCH3 is 1. The fraction of sp³-hybridized carbons (Fsp3) is 0.741. The van der Waals surface area contributed by atoms with Gasteiger partial charge in [0.05, 0.1) is 7.11 Å². The monoisotopic (exact) mass is 519 g/mol. The van der Waals surface area contributed by atoms with Crippen molar-refractivity contribution in [3.63, 3.8) is 0 Å². The van der Waals surface area contributed by atoms with Crippen LogP contribution in [0.25, 0.3) is 0 Å². The number of ether oxygens (including phenoxy) is 2. The summed E-state index contributed by atoms with van der Waals surface area (Å²) in [5.74, 6) is -2.79. The highest BCUT2D eigenvalue weighted by atomic mass is 16.6. The molecule has 0 aromatic heterocycles. The van der Waals surface area contributed by atoms with Crippen molar-refractivity contribution in [3.8, 4) is 0 Å². The van der Waals surface area contributed by atoms with E-state index >= 15 is 0 Å². The molecule has 0 aromatic rings. The van der Waals surface area contributed by atoms with Gasteiger partial charge in [-0.15, -0.1) is 6.58 Å². The van der Waals surface area contributed by atoms with Gasteiger partial charge in [-0.05, 0) is 63.2 Å². The molecule has 3 rings (SSSR count). The molecule has 2 N–H and O–H groups in total. The number of piperidine rings is 1. The Bertz CT molecular complexity index is 948. The normalized spacial score (nSPS) is 25.9. The van der Waals surface area contributed by atoms with E-state index in [1.807, 2.05) is 0 Å². The van der Waals surface area contributed by atoms with Gasteiger partial charge >= 0.3 is 12.1 Å². The van der Waals surface area contributed by atoms with E-state index in [0.29, 0.717) is 6.54 Å². The Morgan fingerprint density at radius 1 is 1.11 bits per heavy atom. The lowest BCUT2D eigenvalue weighted by molar-refractivity contribution is -0.153. The third-order valence-electron chi connectivity index (χ3n) is 7.99. The number of Topliss-reactive ketones (excluding diaryl/α,β-unsaturated/α-hetero) is 1. The van der Waals surface area contributed by atoms with Crippen LogP contribution in [0.1, 0.15) is 66.7 Å². The first-order valence-electron chi connectivity index (χ1n) is 13.1. The van der Waals surface area contributed by atoms with Gasteiger partial charge in [0.2, 0.25) is 11.8 Å². The molecule has 0 bridgehead atoms. The minimum atomic E-state index is -1.14. The molecule has 5 atom stereocenters. The maximum Gasteiger partial charge on any atom is 0.408 e. The third-order valence-corrected chi connectivity index (χ3v) is 7.99. The number of carbonyl (C=O) groups excluding carboxylic acids is 5. The van der Waals surface area contributed by atoms with E-state index in [1.165, 1.54) is 6.08 Å². The average molecular weight is 520 g/mol. The lowest BCUT2D eigenvalue weighted by Crippen LogP contribution is -2.59. The van der Waals surface area contributed by atoms with E-state index in [2.05, 4.69) is 35.8 Å². The minimum absolute atomic E-state index is 0.0444. The van der Waals surface area contributed by atoms with Crippen LogP contribution in [-0.2, 0) is 28.7 Å². The van der Waals surface area contributed by atoms with Crippen molar-refractivity contribution in [2.75, 3.05) is 13.7 Å². The van der Waals surface area contributed by atoms with Crippen LogP contribution in [0.4, 0.5) is 4.79 Å². The van der Waals surface area contributed by atoms with E-state index in [9.17, 15) is 24.0 Å². The summed E-state index contributed by atoms with van der Waals surface area (Å²) < 4.78 is 9.96. The SMILES string of the molecule is C=CC[C@@H](NC(=O)[C@@H]1C2C(CN1C(=O)[C@@H](NC(=O)OC(C)(C)C)C1CCCC1)C2(C)C)C(=O)C(=O)OC. The van der Waals surface area contributed by atoms with Crippen LogP contribution in [0, 0.1) is 23.2 Å². The van der Waals surface area contributed by atoms with Crippen molar-refractivity contribution in [1.29, 1.82) is 0 Å². The summed E-state index contributed by atoms with van der Waals surface area (Å²) in [6.07, 6.45) is 4.33. The van der Waals surface area contributed by atoms with Crippen LogP contribution in [0.3, 0.4) is 0 Å².